The fourth-order valence-electron chi connectivity index (χ4n) is 2.57. The number of carbonyl (C=O) groups excluding carboxylic acids is 1. The highest BCUT2D eigenvalue weighted by molar-refractivity contribution is 5.97. The summed E-state index contributed by atoms with van der Waals surface area (Å²) in [4.78, 5) is 14.3. The van der Waals surface area contributed by atoms with E-state index in [0.29, 0.717) is 11.5 Å². The third kappa shape index (κ3) is 2.33. The minimum Gasteiger partial charge on any atom is -0.396 e. The molecule has 1 aliphatic heterocycles. The van der Waals surface area contributed by atoms with E-state index in [4.69, 9.17) is 5.11 Å². The van der Waals surface area contributed by atoms with Crippen molar-refractivity contribution in [2.75, 3.05) is 19.7 Å². The van der Waals surface area contributed by atoms with E-state index in [9.17, 15) is 4.79 Å². The first-order chi connectivity index (χ1) is 9.28. The van der Waals surface area contributed by atoms with Gasteiger partial charge in [0.1, 0.15) is 0 Å². The van der Waals surface area contributed by atoms with Crippen molar-refractivity contribution in [2.24, 2.45) is 5.92 Å². The van der Waals surface area contributed by atoms with Crippen molar-refractivity contribution in [1.82, 2.24) is 15.1 Å². The molecule has 0 atom stereocenters. The monoisotopic (exact) mass is 259 g/mol. The lowest BCUT2D eigenvalue weighted by Gasteiger charge is -2.31. The molecular weight excluding hydrogens is 242 g/mol. The molecule has 1 aromatic carbocycles. The summed E-state index contributed by atoms with van der Waals surface area (Å²) >= 11 is 0. The Balaban J connectivity index is 1.76. The van der Waals surface area contributed by atoms with Gasteiger partial charge >= 0.3 is 0 Å². The van der Waals surface area contributed by atoms with Gasteiger partial charge in [-0.1, -0.05) is 6.07 Å². The second kappa shape index (κ2) is 5.01. The number of piperidine rings is 1. The fourth-order valence-corrected chi connectivity index (χ4v) is 2.57. The smallest absolute Gasteiger partial charge is 0.253 e. The van der Waals surface area contributed by atoms with Gasteiger partial charge in [0, 0.05) is 30.6 Å². The molecule has 1 amide bonds. The van der Waals surface area contributed by atoms with Crippen molar-refractivity contribution >= 4 is 16.8 Å². The van der Waals surface area contributed by atoms with Gasteiger partial charge in [-0.05, 0) is 30.9 Å². The van der Waals surface area contributed by atoms with Crippen molar-refractivity contribution < 1.29 is 9.90 Å². The predicted molar refractivity (Wildman–Crippen MR) is 71.8 cm³/mol. The number of hydrogen-bond donors (Lipinski definition) is 2. The number of aromatic nitrogens is 2. The molecule has 0 unspecified atom stereocenters. The van der Waals surface area contributed by atoms with E-state index in [0.717, 1.165) is 36.8 Å². The second-order valence-corrected chi connectivity index (χ2v) is 5.09. The Morgan fingerprint density at radius 2 is 2.21 bits per heavy atom. The number of benzene rings is 1. The molecule has 0 aliphatic carbocycles. The van der Waals surface area contributed by atoms with Gasteiger partial charge in [-0.3, -0.25) is 9.89 Å². The van der Waals surface area contributed by atoms with E-state index in [1.165, 1.54) is 0 Å². The van der Waals surface area contributed by atoms with E-state index in [2.05, 4.69) is 10.2 Å². The lowest BCUT2D eigenvalue weighted by molar-refractivity contribution is 0.0651. The highest BCUT2D eigenvalue weighted by Crippen LogP contribution is 2.20. The minimum absolute atomic E-state index is 0.0629. The average Bonchev–Trinajstić information content (AvgIpc) is 2.94. The summed E-state index contributed by atoms with van der Waals surface area (Å²) in [6.07, 6.45) is 3.51. The van der Waals surface area contributed by atoms with Crippen molar-refractivity contribution in [3.05, 3.63) is 30.0 Å². The summed E-state index contributed by atoms with van der Waals surface area (Å²) in [7, 11) is 0. The van der Waals surface area contributed by atoms with Crippen molar-refractivity contribution in [3.63, 3.8) is 0 Å². The van der Waals surface area contributed by atoms with Crippen LogP contribution in [0.25, 0.3) is 10.9 Å². The van der Waals surface area contributed by atoms with Gasteiger partial charge in [0.2, 0.25) is 0 Å². The number of likely N-dealkylation sites (tertiary alicyclic amines) is 1. The van der Waals surface area contributed by atoms with Gasteiger partial charge in [0.15, 0.2) is 0 Å². The summed E-state index contributed by atoms with van der Waals surface area (Å²) < 4.78 is 0. The van der Waals surface area contributed by atoms with Crippen molar-refractivity contribution in [1.29, 1.82) is 0 Å². The van der Waals surface area contributed by atoms with Gasteiger partial charge in [0.25, 0.3) is 5.91 Å². The number of aromatic amines is 1. The average molecular weight is 259 g/mol. The summed E-state index contributed by atoms with van der Waals surface area (Å²) in [6.45, 7) is 1.68. The number of rotatable bonds is 2. The Bertz CT molecular complexity index is 585. The molecule has 19 heavy (non-hydrogen) atoms. The maximum Gasteiger partial charge on any atom is 0.253 e. The predicted octanol–water partition coefficient (Wildman–Crippen LogP) is 1.41. The molecule has 0 saturated carbocycles. The minimum atomic E-state index is 0.0629. The van der Waals surface area contributed by atoms with E-state index in [1.807, 2.05) is 23.1 Å². The van der Waals surface area contributed by atoms with Crippen LogP contribution in [0.15, 0.2) is 24.4 Å². The van der Waals surface area contributed by atoms with Gasteiger partial charge in [-0.2, -0.15) is 5.10 Å². The summed E-state index contributed by atoms with van der Waals surface area (Å²) in [5.74, 6) is 0.409. The molecule has 0 bridgehead atoms. The Kier molecular flexibility index (Phi) is 3.21. The first-order valence-corrected chi connectivity index (χ1v) is 6.61. The molecule has 0 spiro atoms. The Morgan fingerprint density at radius 3 is 2.95 bits per heavy atom. The van der Waals surface area contributed by atoms with E-state index >= 15 is 0 Å². The van der Waals surface area contributed by atoms with Gasteiger partial charge in [0.05, 0.1) is 11.7 Å². The topological polar surface area (TPSA) is 69.2 Å². The third-order valence-corrected chi connectivity index (χ3v) is 3.85. The van der Waals surface area contributed by atoms with Crippen LogP contribution in [0.4, 0.5) is 0 Å². The number of fused-ring (bicyclic) bond motifs is 1. The normalized spacial score (nSPS) is 17.0. The number of H-pyrrole nitrogens is 1. The zero-order valence-corrected chi connectivity index (χ0v) is 10.7. The van der Waals surface area contributed by atoms with Crippen LogP contribution in [0.2, 0.25) is 0 Å². The van der Waals surface area contributed by atoms with Crippen LogP contribution in [-0.4, -0.2) is 45.8 Å². The van der Waals surface area contributed by atoms with E-state index in [1.54, 1.807) is 6.20 Å². The first-order valence-electron chi connectivity index (χ1n) is 6.61. The number of nitrogens with zero attached hydrogens (tertiary/aromatic N) is 2. The molecule has 2 aromatic rings. The first kappa shape index (κ1) is 12.2. The van der Waals surface area contributed by atoms with Crippen LogP contribution in [0.1, 0.15) is 23.2 Å². The lowest BCUT2D eigenvalue weighted by Crippen LogP contribution is -2.39. The molecule has 5 nitrogen and oxygen atoms in total. The number of aliphatic hydroxyl groups excluding tert-OH is 1. The number of carbonyl (C=O) groups is 1. The number of nitrogens with one attached hydrogen (secondary N) is 1. The molecule has 3 rings (SSSR count). The molecule has 1 aliphatic rings. The summed E-state index contributed by atoms with van der Waals surface area (Å²) in [6, 6.07) is 5.60. The Labute approximate surface area is 111 Å². The summed E-state index contributed by atoms with van der Waals surface area (Å²) in [5, 5.41) is 17.0. The second-order valence-electron chi connectivity index (χ2n) is 5.09. The van der Waals surface area contributed by atoms with Crippen molar-refractivity contribution in [2.45, 2.75) is 12.8 Å². The van der Waals surface area contributed by atoms with Crippen LogP contribution >= 0.6 is 0 Å². The SMILES string of the molecule is O=C(c1ccc2cn[nH]c2c1)N1CCC(CO)CC1. The Morgan fingerprint density at radius 1 is 1.42 bits per heavy atom. The van der Waals surface area contributed by atoms with Crippen LogP contribution in [0.5, 0.6) is 0 Å². The molecule has 5 heteroatoms. The fraction of sp³-hybridized carbons (Fsp3) is 0.429. The summed E-state index contributed by atoms with van der Waals surface area (Å²) in [5.41, 5.74) is 1.58. The number of hydrogen-bond acceptors (Lipinski definition) is 3. The highest BCUT2D eigenvalue weighted by Gasteiger charge is 2.23. The number of amides is 1. The third-order valence-electron chi connectivity index (χ3n) is 3.85. The molecule has 1 aromatic heterocycles. The zero-order chi connectivity index (χ0) is 13.2. The van der Waals surface area contributed by atoms with Crippen molar-refractivity contribution in [3.8, 4) is 0 Å². The molecular formula is C14H17N3O2. The highest BCUT2D eigenvalue weighted by atomic mass is 16.3. The van der Waals surface area contributed by atoms with E-state index in [-0.39, 0.29) is 12.5 Å². The maximum absolute atomic E-state index is 12.4. The zero-order valence-electron chi connectivity index (χ0n) is 10.7. The van der Waals surface area contributed by atoms with Gasteiger partial charge < -0.3 is 10.0 Å². The largest absolute Gasteiger partial charge is 0.396 e. The molecule has 100 valence electrons. The van der Waals surface area contributed by atoms with Gasteiger partial charge in [-0.15, -0.1) is 0 Å². The molecule has 2 N–H and O–H groups in total. The lowest BCUT2D eigenvalue weighted by atomic mass is 9.97. The molecule has 1 fully saturated rings. The standard InChI is InChI=1S/C14H17N3O2/c18-9-10-3-5-17(6-4-10)14(19)11-1-2-12-8-15-16-13(12)7-11/h1-2,7-8,10,18H,3-6,9H2,(H,15,16). The van der Waals surface area contributed by atoms with Crippen LogP contribution in [0, 0.1) is 5.92 Å². The number of aliphatic hydroxyl groups is 1. The molecule has 1 saturated heterocycles. The quantitative estimate of drug-likeness (QED) is 0.856. The van der Waals surface area contributed by atoms with Crippen LogP contribution in [-0.2, 0) is 0 Å². The van der Waals surface area contributed by atoms with Crippen LogP contribution in [0.3, 0.4) is 0 Å². The molecule has 0 radical (unpaired) electrons. The maximum atomic E-state index is 12.4. The van der Waals surface area contributed by atoms with Crippen LogP contribution < -0.4 is 0 Å². The van der Waals surface area contributed by atoms with E-state index < -0.39 is 0 Å². The van der Waals surface area contributed by atoms with Gasteiger partial charge in [-0.25, -0.2) is 0 Å². The molecule has 2 heterocycles. The Hall–Kier alpha value is -1.88.